The van der Waals surface area contributed by atoms with E-state index in [4.69, 9.17) is 0 Å². The zero-order chi connectivity index (χ0) is 11.5. The summed E-state index contributed by atoms with van der Waals surface area (Å²) in [6, 6.07) is 8.53. The molecule has 0 unspecified atom stereocenters. The predicted octanol–water partition coefficient (Wildman–Crippen LogP) is 4.54. The Bertz CT molecular complexity index is 517. The summed E-state index contributed by atoms with van der Waals surface area (Å²) < 4.78 is 0. The van der Waals surface area contributed by atoms with Gasteiger partial charge in [-0.1, -0.05) is 43.7 Å². The molecule has 0 amide bonds. The molecule has 0 saturated carbocycles. The van der Waals surface area contributed by atoms with Gasteiger partial charge in [0.25, 0.3) is 0 Å². The molecule has 0 spiro atoms. The second-order valence-electron chi connectivity index (χ2n) is 4.05. The highest BCUT2D eigenvalue weighted by atomic mass is 14.7. The number of hydrogen-bond donors (Lipinski definition) is 1. The fraction of sp³-hybridized carbons (Fsp3) is 0.333. The maximum Gasteiger partial charge on any atom is 0.0462 e. The summed E-state index contributed by atoms with van der Waals surface area (Å²) in [4.78, 5) is 3.49. The normalized spacial score (nSPS) is 13.8. The molecule has 1 aliphatic rings. The van der Waals surface area contributed by atoms with Crippen LogP contribution in [0.2, 0.25) is 0 Å². The van der Waals surface area contributed by atoms with E-state index in [1.54, 1.807) is 0 Å². The highest BCUT2D eigenvalue weighted by Crippen LogP contribution is 2.30. The van der Waals surface area contributed by atoms with Crippen molar-refractivity contribution in [3.05, 3.63) is 41.1 Å². The highest BCUT2D eigenvalue weighted by molar-refractivity contribution is 5.91. The number of fused-ring (bicyclic) bond motifs is 3. The van der Waals surface area contributed by atoms with Crippen LogP contribution in [-0.2, 0) is 6.42 Å². The minimum Gasteiger partial charge on any atom is -0.358 e. The van der Waals surface area contributed by atoms with Gasteiger partial charge in [0, 0.05) is 22.2 Å². The van der Waals surface area contributed by atoms with Crippen LogP contribution < -0.4 is 0 Å². The van der Waals surface area contributed by atoms with E-state index in [1.807, 2.05) is 13.8 Å². The number of aryl methyl sites for hydroxylation is 1. The number of H-pyrrole nitrogens is 1. The molecular formula is C15H19N. The Morgan fingerprint density at radius 3 is 2.62 bits per heavy atom. The zero-order valence-corrected chi connectivity index (χ0v) is 10.3. The van der Waals surface area contributed by atoms with Crippen molar-refractivity contribution < 1.29 is 0 Å². The molecule has 1 aromatic heterocycles. The van der Waals surface area contributed by atoms with Crippen LogP contribution in [0.4, 0.5) is 0 Å². The molecule has 1 heterocycles. The zero-order valence-electron chi connectivity index (χ0n) is 10.3. The molecule has 0 fully saturated rings. The standard InChI is InChI=1S/C13H13N.C2H6/c1-9-6-7-13-11(8-9)10-4-2-3-5-12(10)14-13;1-2/h2-5,8,14H,6-7H2,1H3;1-2H3. The van der Waals surface area contributed by atoms with E-state index in [9.17, 15) is 0 Å². The average molecular weight is 213 g/mol. The summed E-state index contributed by atoms with van der Waals surface area (Å²) >= 11 is 0. The largest absolute Gasteiger partial charge is 0.358 e. The summed E-state index contributed by atoms with van der Waals surface area (Å²) in [5.41, 5.74) is 5.56. The van der Waals surface area contributed by atoms with Gasteiger partial charge < -0.3 is 4.98 Å². The molecule has 1 N–H and O–H groups in total. The van der Waals surface area contributed by atoms with Crippen LogP contribution in [0.1, 0.15) is 38.4 Å². The lowest BCUT2D eigenvalue weighted by molar-refractivity contribution is 0.902. The first-order valence-corrected chi connectivity index (χ1v) is 6.11. The molecule has 0 radical (unpaired) electrons. The first-order valence-electron chi connectivity index (χ1n) is 6.11. The van der Waals surface area contributed by atoms with Gasteiger partial charge in [-0.25, -0.2) is 0 Å². The fourth-order valence-electron chi connectivity index (χ4n) is 2.22. The van der Waals surface area contributed by atoms with Crippen LogP contribution in [0.25, 0.3) is 17.0 Å². The lowest BCUT2D eigenvalue weighted by Gasteiger charge is -2.08. The van der Waals surface area contributed by atoms with E-state index in [0.717, 1.165) is 6.42 Å². The molecule has 3 rings (SSSR count). The monoisotopic (exact) mass is 213 g/mol. The first kappa shape index (κ1) is 11.0. The van der Waals surface area contributed by atoms with Crippen LogP contribution in [0, 0.1) is 0 Å². The van der Waals surface area contributed by atoms with Gasteiger partial charge in [0.05, 0.1) is 0 Å². The van der Waals surface area contributed by atoms with E-state index in [-0.39, 0.29) is 0 Å². The van der Waals surface area contributed by atoms with Gasteiger partial charge in [-0.05, 0) is 25.8 Å². The lowest BCUT2D eigenvalue weighted by Crippen LogP contribution is -1.95. The second-order valence-corrected chi connectivity index (χ2v) is 4.05. The van der Waals surface area contributed by atoms with Gasteiger partial charge in [-0.3, -0.25) is 0 Å². The van der Waals surface area contributed by atoms with Gasteiger partial charge in [-0.2, -0.15) is 0 Å². The van der Waals surface area contributed by atoms with Crippen LogP contribution in [-0.4, -0.2) is 4.98 Å². The maximum atomic E-state index is 3.49. The summed E-state index contributed by atoms with van der Waals surface area (Å²) in [7, 11) is 0. The molecular weight excluding hydrogens is 194 g/mol. The van der Waals surface area contributed by atoms with E-state index in [0.29, 0.717) is 0 Å². The maximum absolute atomic E-state index is 3.49. The topological polar surface area (TPSA) is 15.8 Å². The SMILES string of the molecule is CC.CC1=Cc2c([nH]c3ccccc23)CC1. The number of nitrogens with one attached hydrogen (secondary N) is 1. The number of benzene rings is 1. The fourth-order valence-corrected chi connectivity index (χ4v) is 2.22. The number of aromatic amines is 1. The minimum atomic E-state index is 1.16. The van der Waals surface area contributed by atoms with E-state index < -0.39 is 0 Å². The predicted molar refractivity (Wildman–Crippen MR) is 71.6 cm³/mol. The lowest BCUT2D eigenvalue weighted by atomic mass is 9.97. The van der Waals surface area contributed by atoms with Crippen molar-refractivity contribution >= 4 is 17.0 Å². The summed E-state index contributed by atoms with van der Waals surface area (Å²) in [6.45, 7) is 6.21. The van der Waals surface area contributed by atoms with E-state index in [2.05, 4.69) is 42.2 Å². The molecule has 1 aromatic carbocycles. The molecule has 1 nitrogen and oxygen atoms in total. The van der Waals surface area contributed by atoms with Gasteiger partial charge in [0.15, 0.2) is 0 Å². The summed E-state index contributed by atoms with van der Waals surface area (Å²) in [5.74, 6) is 0. The van der Waals surface area contributed by atoms with Gasteiger partial charge >= 0.3 is 0 Å². The molecule has 0 aliphatic heterocycles. The Morgan fingerprint density at radius 1 is 1.06 bits per heavy atom. The quantitative estimate of drug-likeness (QED) is 0.661. The molecule has 0 atom stereocenters. The Morgan fingerprint density at radius 2 is 1.81 bits per heavy atom. The van der Waals surface area contributed by atoms with Crippen LogP contribution >= 0.6 is 0 Å². The van der Waals surface area contributed by atoms with E-state index in [1.165, 1.54) is 34.2 Å². The van der Waals surface area contributed by atoms with E-state index >= 15 is 0 Å². The molecule has 1 heteroatoms. The van der Waals surface area contributed by atoms with Crippen molar-refractivity contribution in [1.29, 1.82) is 0 Å². The van der Waals surface area contributed by atoms with Crippen LogP contribution in [0.15, 0.2) is 29.8 Å². The Balaban J connectivity index is 0.000000457. The second kappa shape index (κ2) is 4.56. The first-order chi connectivity index (χ1) is 7.84. The van der Waals surface area contributed by atoms with Crippen molar-refractivity contribution in [3.63, 3.8) is 0 Å². The summed E-state index contributed by atoms with van der Waals surface area (Å²) in [6.07, 6.45) is 4.67. The smallest absolute Gasteiger partial charge is 0.0462 e. The third-order valence-electron chi connectivity index (χ3n) is 2.99. The number of para-hydroxylation sites is 1. The number of allylic oxidation sites excluding steroid dienone is 1. The third-order valence-corrected chi connectivity index (χ3v) is 2.99. The van der Waals surface area contributed by atoms with Crippen molar-refractivity contribution in [2.45, 2.75) is 33.6 Å². The van der Waals surface area contributed by atoms with Gasteiger partial charge in [0.2, 0.25) is 0 Å². The average Bonchev–Trinajstić information content (AvgIpc) is 2.70. The number of rotatable bonds is 0. The molecule has 0 bridgehead atoms. The van der Waals surface area contributed by atoms with Crippen molar-refractivity contribution in [1.82, 2.24) is 4.98 Å². The Hall–Kier alpha value is -1.50. The molecule has 84 valence electrons. The Labute approximate surface area is 97.2 Å². The molecule has 1 aliphatic carbocycles. The molecule has 0 saturated heterocycles. The van der Waals surface area contributed by atoms with Gasteiger partial charge in [0.1, 0.15) is 0 Å². The minimum absolute atomic E-state index is 1.16. The molecule has 16 heavy (non-hydrogen) atoms. The Kier molecular flexibility index (Phi) is 3.14. The number of aromatic nitrogens is 1. The number of hydrogen-bond acceptors (Lipinski definition) is 0. The van der Waals surface area contributed by atoms with Crippen molar-refractivity contribution in [2.75, 3.05) is 0 Å². The summed E-state index contributed by atoms with van der Waals surface area (Å²) in [5, 5.41) is 1.36. The third kappa shape index (κ3) is 1.78. The van der Waals surface area contributed by atoms with Gasteiger partial charge in [-0.15, -0.1) is 0 Å². The van der Waals surface area contributed by atoms with Crippen molar-refractivity contribution in [3.8, 4) is 0 Å². The molecule has 2 aromatic rings. The van der Waals surface area contributed by atoms with Crippen molar-refractivity contribution in [2.24, 2.45) is 0 Å². The van der Waals surface area contributed by atoms with Crippen LogP contribution in [0.3, 0.4) is 0 Å². The highest BCUT2D eigenvalue weighted by Gasteiger charge is 2.12. The van der Waals surface area contributed by atoms with Crippen LogP contribution in [0.5, 0.6) is 0 Å².